The molecule has 13 N–H and O–H groups in total. The fourth-order valence-electron chi connectivity index (χ4n) is 6.03. The zero-order chi connectivity index (χ0) is 43.6. The molecule has 1 rings (SSSR count). The summed E-state index contributed by atoms with van der Waals surface area (Å²) in [5.41, 5.74) is 11.3. The first kappa shape index (κ1) is 50.1. The van der Waals surface area contributed by atoms with Crippen LogP contribution in [0.1, 0.15) is 92.9 Å². The van der Waals surface area contributed by atoms with Crippen LogP contribution in [0, 0.1) is 11.8 Å². The summed E-state index contributed by atoms with van der Waals surface area (Å²) in [5, 5.41) is 44.0. The number of carbonyl (C=O) groups is 9. The summed E-state index contributed by atoms with van der Waals surface area (Å²) < 4.78 is 0. The molecule has 0 bridgehead atoms. The number of aliphatic hydroxyl groups is 1. The van der Waals surface area contributed by atoms with Crippen LogP contribution in [0.25, 0.3) is 0 Å². The van der Waals surface area contributed by atoms with Crippen molar-refractivity contribution in [1.82, 2.24) is 36.8 Å². The van der Waals surface area contributed by atoms with Crippen molar-refractivity contribution in [3.05, 3.63) is 0 Å². The number of carboxylic acid groups (broad SMARTS) is 2. The van der Waals surface area contributed by atoms with Crippen LogP contribution >= 0.6 is 0 Å². The Bertz CT molecular complexity index is 1430. The van der Waals surface area contributed by atoms with Gasteiger partial charge in [-0.1, -0.05) is 34.1 Å². The highest BCUT2D eigenvalue weighted by Crippen LogP contribution is 2.18. The molecule has 1 saturated heterocycles. The number of aliphatic carboxylic acids is 2. The normalized spacial score (nSPS) is 18.1. The van der Waals surface area contributed by atoms with Crippen LogP contribution in [0.2, 0.25) is 0 Å². The third-order valence-corrected chi connectivity index (χ3v) is 9.62. The van der Waals surface area contributed by atoms with Gasteiger partial charge in [0, 0.05) is 13.0 Å². The first-order valence-electron chi connectivity index (χ1n) is 19.3. The number of nitrogens with two attached hydrogens (primary N) is 2. The van der Waals surface area contributed by atoms with E-state index in [0.29, 0.717) is 45.2 Å². The summed E-state index contributed by atoms with van der Waals surface area (Å²) in [6.45, 7) is 9.23. The van der Waals surface area contributed by atoms with E-state index in [9.17, 15) is 58.5 Å². The maximum atomic E-state index is 13.6. The van der Waals surface area contributed by atoms with Crippen LogP contribution < -0.4 is 43.4 Å². The number of amides is 7. The lowest BCUT2D eigenvalue weighted by molar-refractivity contribution is -0.144. The van der Waals surface area contributed by atoms with Crippen molar-refractivity contribution in [2.75, 3.05) is 19.6 Å². The van der Waals surface area contributed by atoms with Crippen LogP contribution in [-0.4, -0.2) is 142 Å². The van der Waals surface area contributed by atoms with Gasteiger partial charge in [0.05, 0.1) is 18.7 Å². The number of carbonyl (C=O) groups excluding carboxylic acids is 7. The molecule has 7 amide bonds. The second-order valence-electron chi connectivity index (χ2n) is 14.8. The number of hydrogen-bond donors (Lipinski definition) is 11. The molecular formula is C36H63N9O12. The number of hydrogen-bond acceptors (Lipinski definition) is 12. The molecule has 1 fully saturated rings. The molecule has 0 saturated carbocycles. The molecule has 0 radical (unpaired) electrons. The van der Waals surface area contributed by atoms with Gasteiger partial charge in [0.2, 0.25) is 41.4 Å². The minimum Gasteiger partial charge on any atom is -0.481 e. The molecule has 0 spiro atoms. The fraction of sp³-hybridized carbons (Fsp3) is 0.750. The number of rotatable bonds is 25. The van der Waals surface area contributed by atoms with Crippen molar-refractivity contribution in [1.29, 1.82) is 0 Å². The average Bonchev–Trinajstić information content (AvgIpc) is 3.64. The molecule has 1 aliphatic rings. The van der Waals surface area contributed by atoms with Crippen molar-refractivity contribution in [3.63, 3.8) is 0 Å². The zero-order valence-corrected chi connectivity index (χ0v) is 33.7. The van der Waals surface area contributed by atoms with Gasteiger partial charge >= 0.3 is 11.9 Å². The average molecular weight is 814 g/mol. The van der Waals surface area contributed by atoms with Gasteiger partial charge in [-0.05, 0) is 70.8 Å². The van der Waals surface area contributed by atoms with Crippen molar-refractivity contribution in [2.24, 2.45) is 23.3 Å². The smallest absolute Gasteiger partial charge is 0.326 e. The Morgan fingerprint density at radius 3 is 1.82 bits per heavy atom. The standard InChI is InChI=1S/C36H63N9O12/c1-7-19(4)28(36(56)57)43-30(50)22(11-8-9-15-37)41-33(53)27(18(2)3)42-34(54)29(21(6)46)44-31(51)23(13-14-26(48)49)40-25(47)17-39-32(52)24-12-10-16-45(24)35(55)20(5)38/h18-24,27-29,46H,7-17,37-38H2,1-6H3,(H,39,52)(H,40,47)(H,41,53)(H,42,54)(H,43,50)(H,44,51)(H,48,49)(H,56,57)/t19-,20-,21+,22-,23-,24-,27-,28-,29-/m0/s1. The van der Waals surface area contributed by atoms with E-state index in [4.69, 9.17) is 11.5 Å². The monoisotopic (exact) mass is 813 g/mol. The van der Waals surface area contributed by atoms with Crippen LogP contribution in [0.4, 0.5) is 0 Å². The number of likely N-dealkylation sites (tertiary alicyclic amines) is 1. The molecule has 0 aromatic heterocycles. The Balaban J connectivity index is 3.12. The van der Waals surface area contributed by atoms with Gasteiger partial charge in [0.25, 0.3) is 0 Å². The number of nitrogens with one attached hydrogen (secondary N) is 6. The minimum absolute atomic E-state index is 0.103. The third kappa shape index (κ3) is 16.6. The predicted octanol–water partition coefficient (Wildman–Crippen LogP) is -2.97. The zero-order valence-electron chi connectivity index (χ0n) is 33.7. The molecule has 1 aliphatic heterocycles. The SMILES string of the molecule is CC[C@H](C)[C@H](NC(=O)[C@H](CCCCN)NC(=O)[C@@H](NC(=O)[C@@H](NC(=O)[C@H](CCC(=O)O)NC(=O)CNC(=O)[C@@H]1CCCN1C(=O)[C@H](C)N)[C@@H](C)O)C(C)C)C(=O)O. The predicted molar refractivity (Wildman–Crippen MR) is 204 cm³/mol. The number of aliphatic hydroxyl groups excluding tert-OH is 1. The minimum atomic E-state index is -1.72. The molecule has 0 unspecified atom stereocenters. The molecule has 324 valence electrons. The summed E-state index contributed by atoms with van der Waals surface area (Å²) in [6.07, 6.45) is -0.256. The molecule has 21 heteroatoms. The maximum Gasteiger partial charge on any atom is 0.326 e. The van der Waals surface area contributed by atoms with E-state index in [2.05, 4.69) is 31.9 Å². The van der Waals surface area contributed by atoms with Gasteiger partial charge in [-0.25, -0.2) is 4.79 Å². The van der Waals surface area contributed by atoms with E-state index in [0.717, 1.165) is 0 Å². The summed E-state index contributed by atoms with van der Waals surface area (Å²) in [7, 11) is 0. The molecule has 0 aromatic rings. The van der Waals surface area contributed by atoms with Crippen LogP contribution in [0.5, 0.6) is 0 Å². The Hall–Kier alpha value is -4.89. The van der Waals surface area contributed by atoms with Crippen LogP contribution in [-0.2, 0) is 43.2 Å². The quantitative estimate of drug-likeness (QED) is 0.0410. The fourth-order valence-corrected chi connectivity index (χ4v) is 6.03. The largest absolute Gasteiger partial charge is 0.481 e. The molecular weight excluding hydrogens is 750 g/mol. The maximum absolute atomic E-state index is 13.6. The topological polar surface area (TPSA) is 342 Å². The van der Waals surface area contributed by atoms with Gasteiger partial charge in [0.15, 0.2) is 0 Å². The van der Waals surface area contributed by atoms with E-state index in [1.165, 1.54) is 18.7 Å². The van der Waals surface area contributed by atoms with E-state index < -0.39 is 133 Å². The Labute approximate surface area is 332 Å². The second-order valence-corrected chi connectivity index (χ2v) is 14.8. The summed E-state index contributed by atoms with van der Waals surface area (Å²) >= 11 is 0. The number of nitrogens with zero attached hydrogens (tertiary/aromatic N) is 1. The van der Waals surface area contributed by atoms with E-state index in [1.807, 2.05) is 0 Å². The summed E-state index contributed by atoms with van der Waals surface area (Å²) in [6, 6.07) is -8.72. The van der Waals surface area contributed by atoms with Gasteiger partial charge in [-0.2, -0.15) is 0 Å². The van der Waals surface area contributed by atoms with E-state index in [1.54, 1.807) is 27.7 Å². The lowest BCUT2D eigenvalue weighted by atomic mass is 9.98. The highest BCUT2D eigenvalue weighted by Gasteiger charge is 2.37. The third-order valence-electron chi connectivity index (χ3n) is 9.62. The Kier molecular flexibility index (Phi) is 21.7. The van der Waals surface area contributed by atoms with Crippen molar-refractivity contribution in [3.8, 4) is 0 Å². The van der Waals surface area contributed by atoms with Crippen molar-refractivity contribution < 1.29 is 58.5 Å². The van der Waals surface area contributed by atoms with Gasteiger partial charge in [-0.15, -0.1) is 0 Å². The molecule has 1 heterocycles. The van der Waals surface area contributed by atoms with Crippen LogP contribution in [0.15, 0.2) is 0 Å². The molecule has 21 nitrogen and oxygen atoms in total. The summed E-state index contributed by atoms with van der Waals surface area (Å²) in [5.74, 6) is -9.19. The second kappa shape index (κ2) is 24.7. The number of unbranched alkanes of at least 4 members (excludes halogenated alkanes) is 1. The number of carboxylic acids is 2. The van der Waals surface area contributed by atoms with Gasteiger partial charge in [-0.3, -0.25) is 38.4 Å². The first-order valence-corrected chi connectivity index (χ1v) is 19.3. The van der Waals surface area contributed by atoms with Crippen LogP contribution in [0.3, 0.4) is 0 Å². The summed E-state index contributed by atoms with van der Waals surface area (Å²) in [4.78, 5) is 116. The lowest BCUT2D eigenvalue weighted by Crippen LogP contribution is -2.62. The molecule has 0 aromatic carbocycles. The lowest BCUT2D eigenvalue weighted by Gasteiger charge is -2.29. The van der Waals surface area contributed by atoms with Gasteiger partial charge < -0.3 is 63.6 Å². The molecule has 9 atom stereocenters. The molecule has 57 heavy (non-hydrogen) atoms. The highest BCUT2D eigenvalue weighted by atomic mass is 16.4. The highest BCUT2D eigenvalue weighted by molar-refractivity contribution is 5.97. The van der Waals surface area contributed by atoms with E-state index in [-0.39, 0.29) is 6.42 Å². The Morgan fingerprint density at radius 2 is 1.32 bits per heavy atom. The van der Waals surface area contributed by atoms with Crippen molar-refractivity contribution in [2.45, 2.75) is 141 Å². The van der Waals surface area contributed by atoms with Gasteiger partial charge in [0.1, 0.15) is 36.3 Å². The van der Waals surface area contributed by atoms with Crippen molar-refractivity contribution >= 4 is 53.3 Å². The Morgan fingerprint density at radius 1 is 0.754 bits per heavy atom. The molecule has 0 aliphatic carbocycles. The first-order chi connectivity index (χ1) is 26.7. The van der Waals surface area contributed by atoms with E-state index >= 15 is 0 Å².